The summed E-state index contributed by atoms with van der Waals surface area (Å²) < 4.78 is 1.16. The smallest absolute Gasteiger partial charge is 0.0406 e. The first-order chi connectivity index (χ1) is 10.2. The molecule has 0 amide bonds. The van der Waals surface area contributed by atoms with Gasteiger partial charge in [0.2, 0.25) is 0 Å². The van der Waals surface area contributed by atoms with Gasteiger partial charge in [-0.1, -0.05) is 70.0 Å². The fourth-order valence-electron chi connectivity index (χ4n) is 3.05. The number of hydrogen-bond donors (Lipinski definition) is 0. The highest BCUT2D eigenvalue weighted by Gasteiger charge is 2.19. The Kier molecular flexibility index (Phi) is 3.13. The number of rotatable bonds is 1. The summed E-state index contributed by atoms with van der Waals surface area (Å²) in [5.74, 6) is 0. The quantitative estimate of drug-likeness (QED) is 0.477. The van der Waals surface area contributed by atoms with Gasteiger partial charge in [0.15, 0.2) is 0 Å². The average Bonchev–Trinajstić information content (AvgIpc) is 2.85. The fourth-order valence-corrected chi connectivity index (χ4v) is 3.64. The summed E-state index contributed by atoms with van der Waals surface area (Å²) in [6.07, 6.45) is 3.25. The fraction of sp³-hybridized carbons (Fsp3) is 0.0526. The van der Waals surface area contributed by atoms with Gasteiger partial charge < -0.3 is 0 Å². The van der Waals surface area contributed by atoms with E-state index in [4.69, 9.17) is 11.6 Å². The minimum Gasteiger partial charge on any atom is -0.0843 e. The highest BCUT2D eigenvalue weighted by Crippen LogP contribution is 2.41. The van der Waals surface area contributed by atoms with Gasteiger partial charge in [0.05, 0.1) is 0 Å². The van der Waals surface area contributed by atoms with Gasteiger partial charge in [-0.2, -0.15) is 0 Å². The van der Waals surface area contributed by atoms with Gasteiger partial charge in [-0.25, -0.2) is 0 Å². The third-order valence-corrected chi connectivity index (χ3v) is 4.95. The number of benzene rings is 3. The van der Waals surface area contributed by atoms with Crippen molar-refractivity contribution in [1.29, 1.82) is 0 Å². The predicted octanol–water partition coefficient (Wildman–Crippen LogP) is 6.35. The molecular formula is C19H12BrCl. The molecule has 0 fully saturated rings. The van der Waals surface area contributed by atoms with Crippen molar-refractivity contribution in [3.63, 3.8) is 0 Å². The molecular weight excluding hydrogens is 344 g/mol. The molecule has 21 heavy (non-hydrogen) atoms. The second-order valence-corrected chi connectivity index (χ2v) is 6.62. The molecule has 3 aromatic carbocycles. The summed E-state index contributed by atoms with van der Waals surface area (Å²) in [4.78, 5) is 0. The van der Waals surface area contributed by atoms with Crippen molar-refractivity contribution >= 4 is 50.0 Å². The summed E-state index contributed by atoms with van der Waals surface area (Å²) in [6.45, 7) is 0. The van der Waals surface area contributed by atoms with Crippen LogP contribution in [0.2, 0.25) is 5.02 Å². The zero-order chi connectivity index (χ0) is 14.4. The van der Waals surface area contributed by atoms with E-state index >= 15 is 0 Å². The maximum Gasteiger partial charge on any atom is 0.0406 e. The van der Waals surface area contributed by atoms with Crippen LogP contribution in [0.25, 0.3) is 22.4 Å². The first-order valence-electron chi connectivity index (χ1n) is 6.89. The molecule has 0 aromatic heterocycles. The molecule has 0 radical (unpaired) electrons. The molecule has 0 atom stereocenters. The van der Waals surface area contributed by atoms with E-state index in [1.807, 2.05) is 12.1 Å². The SMILES string of the molecule is Clc1ccc(/C=C2\Cc3ccc(Br)c4cccc2c34)cc1. The molecule has 0 spiro atoms. The lowest BCUT2D eigenvalue weighted by molar-refractivity contribution is 1.38. The van der Waals surface area contributed by atoms with Crippen LogP contribution in [0.5, 0.6) is 0 Å². The van der Waals surface area contributed by atoms with Crippen LogP contribution in [0.15, 0.2) is 59.1 Å². The molecule has 1 aliphatic carbocycles. The minimum atomic E-state index is 0.776. The van der Waals surface area contributed by atoms with Crippen molar-refractivity contribution < 1.29 is 0 Å². The maximum atomic E-state index is 5.96. The molecule has 102 valence electrons. The Morgan fingerprint density at radius 1 is 0.952 bits per heavy atom. The molecule has 3 aromatic rings. The van der Waals surface area contributed by atoms with E-state index in [9.17, 15) is 0 Å². The molecule has 2 heteroatoms. The van der Waals surface area contributed by atoms with Crippen LogP contribution < -0.4 is 0 Å². The lowest BCUT2D eigenvalue weighted by Gasteiger charge is -2.04. The summed E-state index contributed by atoms with van der Waals surface area (Å²) in [5, 5.41) is 3.45. The molecule has 0 saturated heterocycles. The summed E-state index contributed by atoms with van der Waals surface area (Å²) in [7, 11) is 0. The van der Waals surface area contributed by atoms with E-state index in [1.165, 1.54) is 33.0 Å². The molecule has 0 aliphatic heterocycles. The lowest BCUT2D eigenvalue weighted by atomic mass is 10.0. The van der Waals surface area contributed by atoms with Crippen molar-refractivity contribution in [2.45, 2.75) is 6.42 Å². The molecule has 0 unspecified atom stereocenters. The van der Waals surface area contributed by atoms with Crippen LogP contribution >= 0.6 is 27.5 Å². The van der Waals surface area contributed by atoms with Gasteiger partial charge in [0, 0.05) is 9.50 Å². The van der Waals surface area contributed by atoms with Gasteiger partial charge in [-0.05, 0) is 57.7 Å². The van der Waals surface area contributed by atoms with E-state index in [0.29, 0.717) is 0 Å². The Morgan fingerprint density at radius 3 is 2.57 bits per heavy atom. The summed E-state index contributed by atoms with van der Waals surface area (Å²) in [5.41, 5.74) is 5.32. The zero-order valence-corrected chi connectivity index (χ0v) is 13.6. The van der Waals surface area contributed by atoms with Gasteiger partial charge >= 0.3 is 0 Å². The zero-order valence-electron chi connectivity index (χ0n) is 11.2. The second-order valence-electron chi connectivity index (χ2n) is 5.33. The Bertz CT molecular complexity index is 876. The van der Waals surface area contributed by atoms with Crippen molar-refractivity contribution in [2.24, 2.45) is 0 Å². The lowest BCUT2D eigenvalue weighted by Crippen LogP contribution is -1.80. The van der Waals surface area contributed by atoms with Crippen LogP contribution in [0, 0.1) is 0 Å². The topological polar surface area (TPSA) is 0 Å². The number of hydrogen-bond acceptors (Lipinski definition) is 0. The minimum absolute atomic E-state index is 0.776. The van der Waals surface area contributed by atoms with Crippen LogP contribution in [-0.4, -0.2) is 0 Å². The third kappa shape index (κ3) is 2.21. The van der Waals surface area contributed by atoms with Gasteiger partial charge in [-0.15, -0.1) is 0 Å². The Morgan fingerprint density at radius 2 is 1.76 bits per heavy atom. The molecule has 0 heterocycles. The standard InChI is InChI=1S/C19H12BrCl/c20-18-9-6-13-11-14(10-12-4-7-15(21)8-5-12)16-2-1-3-17(18)19(13)16/h1-10H,11H2/b14-10+. The monoisotopic (exact) mass is 354 g/mol. The van der Waals surface area contributed by atoms with Crippen molar-refractivity contribution in [1.82, 2.24) is 0 Å². The number of allylic oxidation sites excluding steroid dienone is 1. The summed E-state index contributed by atoms with van der Waals surface area (Å²) in [6, 6.07) is 18.9. The molecule has 0 saturated carbocycles. The molecule has 4 rings (SSSR count). The van der Waals surface area contributed by atoms with Gasteiger partial charge in [0.1, 0.15) is 0 Å². The first-order valence-corrected chi connectivity index (χ1v) is 8.06. The Labute approximate surface area is 137 Å². The highest BCUT2D eigenvalue weighted by atomic mass is 79.9. The van der Waals surface area contributed by atoms with Crippen LogP contribution in [0.1, 0.15) is 16.7 Å². The normalized spacial score (nSPS) is 15.0. The van der Waals surface area contributed by atoms with Gasteiger partial charge in [0.25, 0.3) is 0 Å². The largest absolute Gasteiger partial charge is 0.0843 e. The molecule has 0 bridgehead atoms. The van der Waals surface area contributed by atoms with E-state index < -0.39 is 0 Å². The molecule has 0 N–H and O–H groups in total. The molecule has 0 nitrogen and oxygen atoms in total. The van der Waals surface area contributed by atoms with Crippen molar-refractivity contribution in [2.75, 3.05) is 0 Å². The van der Waals surface area contributed by atoms with Crippen LogP contribution in [-0.2, 0) is 6.42 Å². The van der Waals surface area contributed by atoms with Crippen molar-refractivity contribution in [3.05, 3.63) is 80.8 Å². The maximum absolute atomic E-state index is 5.96. The van der Waals surface area contributed by atoms with E-state index in [0.717, 1.165) is 15.9 Å². The molecule has 1 aliphatic rings. The highest BCUT2D eigenvalue weighted by molar-refractivity contribution is 9.10. The van der Waals surface area contributed by atoms with Gasteiger partial charge in [-0.3, -0.25) is 0 Å². The Hall–Kier alpha value is -1.57. The van der Waals surface area contributed by atoms with E-state index in [2.05, 4.69) is 64.5 Å². The van der Waals surface area contributed by atoms with E-state index in [1.54, 1.807) is 0 Å². The first kappa shape index (κ1) is 13.1. The predicted molar refractivity (Wildman–Crippen MR) is 94.7 cm³/mol. The van der Waals surface area contributed by atoms with Crippen LogP contribution in [0.3, 0.4) is 0 Å². The van der Waals surface area contributed by atoms with Crippen LogP contribution in [0.4, 0.5) is 0 Å². The van der Waals surface area contributed by atoms with E-state index in [-0.39, 0.29) is 0 Å². The number of halogens is 2. The third-order valence-electron chi connectivity index (χ3n) is 4.01. The average molecular weight is 356 g/mol. The second kappa shape index (κ2) is 5.01. The van der Waals surface area contributed by atoms with Crippen molar-refractivity contribution in [3.8, 4) is 0 Å². The summed E-state index contributed by atoms with van der Waals surface area (Å²) >= 11 is 9.61. The Balaban J connectivity index is 1.90.